The Balaban J connectivity index is 1.66. The first-order valence-electron chi connectivity index (χ1n) is 6.25. The van der Waals surface area contributed by atoms with Crippen molar-refractivity contribution in [2.24, 2.45) is 0 Å². The smallest absolute Gasteiger partial charge is 0.324 e. The largest absolute Gasteiger partial charge is 0.329 e. The second-order valence-electron chi connectivity index (χ2n) is 4.42. The molecule has 0 saturated carbocycles. The molecule has 1 fully saturated rings. The Kier molecular flexibility index (Phi) is 3.65. The number of hydrogen-bond donors (Lipinski definition) is 1. The third-order valence-electron chi connectivity index (χ3n) is 3.02. The van der Waals surface area contributed by atoms with Gasteiger partial charge in [0.25, 0.3) is 0 Å². The molecule has 1 aromatic carbocycles. The monoisotopic (exact) mass is 350 g/mol. The number of amides is 3. The fraction of sp³-hybridized carbons (Fsp3) is 0.250. The first kappa shape index (κ1) is 13.7. The minimum Gasteiger partial charge on any atom is -0.329 e. The van der Waals surface area contributed by atoms with Gasteiger partial charge in [0.2, 0.25) is 11.7 Å². The Bertz CT molecular complexity index is 667. The van der Waals surface area contributed by atoms with Crippen LogP contribution in [0.2, 0.25) is 0 Å². The van der Waals surface area contributed by atoms with E-state index in [1.165, 1.54) is 4.80 Å². The number of urea groups is 1. The summed E-state index contributed by atoms with van der Waals surface area (Å²) in [5.41, 5.74) is 0.847. The summed E-state index contributed by atoms with van der Waals surface area (Å²) in [6.07, 6.45) is 0. The van der Waals surface area contributed by atoms with E-state index in [9.17, 15) is 9.59 Å². The van der Waals surface area contributed by atoms with Crippen molar-refractivity contribution in [3.05, 3.63) is 28.7 Å². The molecule has 0 bridgehead atoms. The van der Waals surface area contributed by atoms with Gasteiger partial charge in [0.1, 0.15) is 0 Å². The number of rotatable bonds is 4. The summed E-state index contributed by atoms with van der Waals surface area (Å²) in [4.78, 5) is 25.3. The van der Waals surface area contributed by atoms with E-state index in [4.69, 9.17) is 0 Å². The van der Waals surface area contributed by atoms with Crippen molar-refractivity contribution in [2.45, 2.75) is 6.54 Å². The zero-order valence-corrected chi connectivity index (χ0v) is 12.4. The number of benzene rings is 1. The van der Waals surface area contributed by atoms with Crippen molar-refractivity contribution in [1.82, 2.24) is 30.4 Å². The van der Waals surface area contributed by atoms with Crippen molar-refractivity contribution in [1.29, 1.82) is 0 Å². The van der Waals surface area contributed by atoms with Crippen LogP contribution in [0.3, 0.4) is 0 Å². The summed E-state index contributed by atoms with van der Waals surface area (Å²) in [6, 6.07) is 7.16. The Hall–Kier alpha value is -2.29. The van der Waals surface area contributed by atoms with Crippen LogP contribution in [0.4, 0.5) is 4.79 Å². The topological polar surface area (TPSA) is 93.0 Å². The van der Waals surface area contributed by atoms with Crippen LogP contribution >= 0.6 is 15.9 Å². The molecule has 1 N–H and O–H groups in total. The van der Waals surface area contributed by atoms with Crippen LogP contribution in [0, 0.1) is 0 Å². The number of halogens is 1. The normalized spacial score (nSPS) is 14.6. The van der Waals surface area contributed by atoms with Crippen LogP contribution in [0.1, 0.15) is 0 Å². The van der Waals surface area contributed by atoms with E-state index >= 15 is 0 Å². The van der Waals surface area contributed by atoms with E-state index in [0.29, 0.717) is 12.4 Å². The SMILES string of the molecule is O=C1CNC(=O)N1CCn1nnc(-c2ccc(Br)cc2)n1. The van der Waals surface area contributed by atoms with E-state index in [1.54, 1.807) is 0 Å². The third kappa shape index (κ3) is 2.92. The summed E-state index contributed by atoms with van der Waals surface area (Å²) in [6.45, 7) is 0.581. The minimum absolute atomic E-state index is 0.0494. The van der Waals surface area contributed by atoms with Crippen LogP contribution in [0.15, 0.2) is 28.7 Å². The van der Waals surface area contributed by atoms with E-state index in [1.807, 2.05) is 24.3 Å². The van der Waals surface area contributed by atoms with E-state index in [-0.39, 0.29) is 25.0 Å². The molecule has 2 heterocycles. The molecule has 9 heteroatoms. The molecule has 108 valence electrons. The molecule has 1 aliphatic heterocycles. The van der Waals surface area contributed by atoms with E-state index < -0.39 is 0 Å². The molecule has 8 nitrogen and oxygen atoms in total. The number of hydrogen-bond acceptors (Lipinski definition) is 5. The maximum Gasteiger partial charge on any atom is 0.324 e. The molecule has 0 unspecified atom stereocenters. The summed E-state index contributed by atoms with van der Waals surface area (Å²) in [5, 5.41) is 14.6. The predicted octanol–water partition coefficient (Wildman–Crippen LogP) is 0.654. The molecule has 3 rings (SSSR count). The molecule has 0 radical (unpaired) electrons. The number of nitrogens with zero attached hydrogens (tertiary/aromatic N) is 5. The fourth-order valence-corrected chi connectivity index (χ4v) is 2.19. The van der Waals surface area contributed by atoms with Crippen LogP contribution in [0.5, 0.6) is 0 Å². The molecule has 0 spiro atoms. The molecule has 1 aromatic heterocycles. The number of tetrazole rings is 1. The zero-order chi connectivity index (χ0) is 14.8. The summed E-state index contributed by atoms with van der Waals surface area (Å²) in [5.74, 6) is 0.257. The number of carbonyl (C=O) groups excluding carboxylic acids is 2. The van der Waals surface area contributed by atoms with Gasteiger partial charge in [-0.3, -0.25) is 9.69 Å². The fourth-order valence-electron chi connectivity index (χ4n) is 1.92. The molecule has 0 atom stereocenters. The Morgan fingerprint density at radius 1 is 1.19 bits per heavy atom. The van der Waals surface area contributed by atoms with Crippen molar-refractivity contribution < 1.29 is 9.59 Å². The van der Waals surface area contributed by atoms with Crippen LogP contribution in [-0.4, -0.2) is 50.1 Å². The molecule has 0 aliphatic carbocycles. The molecule has 1 saturated heterocycles. The minimum atomic E-state index is -0.381. The quantitative estimate of drug-likeness (QED) is 0.817. The van der Waals surface area contributed by atoms with Crippen LogP contribution < -0.4 is 5.32 Å². The van der Waals surface area contributed by atoms with Crippen molar-refractivity contribution in [2.75, 3.05) is 13.1 Å². The average Bonchev–Trinajstić information content (AvgIpc) is 3.06. The lowest BCUT2D eigenvalue weighted by Crippen LogP contribution is -2.34. The van der Waals surface area contributed by atoms with Gasteiger partial charge in [0.15, 0.2) is 0 Å². The Morgan fingerprint density at radius 2 is 1.95 bits per heavy atom. The van der Waals surface area contributed by atoms with Gasteiger partial charge in [0, 0.05) is 10.0 Å². The highest BCUT2D eigenvalue weighted by Gasteiger charge is 2.28. The van der Waals surface area contributed by atoms with E-state index in [0.717, 1.165) is 14.9 Å². The highest BCUT2D eigenvalue weighted by molar-refractivity contribution is 9.10. The number of nitrogens with one attached hydrogen (secondary N) is 1. The lowest BCUT2D eigenvalue weighted by atomic mass is 10.2. The maximum absolute atomic E-state index is 11.4. The van der Waals surface area contributed by atoms with Gasteiger partial charge in [-0.2, -0.15) is 4.80 Å². The van der Waals surface area contributed by atoms with Gasteiger partial charge in [-0.1, -0.05) is 15.9 Å². The summed E-state index contributed by atoms with van der Waals surface area (Å²) in [7, 11) is 0. The first-order valence-corrected chi connectivity index (χ1v) is 7.05. The zero-order valence-electron chi connectivity index (χ0n) is 10.9. The molecule has 3 amide bonds. The Morgan fingerprint density at radius 3 is 2.62 bits per heavy atom. The average molecular weight is 351 g/mol. The van der Waals surface area contributed by atoms with Crippen molar-refractivity contribution in [3.63, 3.8) is 0 Å². The van der Waals surface area contributed by atoms with Gasteiger partial charge < -0.3 is 5.32 Å². The standard InChI is InChI=1S/C12H11BrN6O2/c13-9-3-1-8(2-4-9)11-15-17-19(16-11)6-5-18-10(20)7-14-12(18)21/h1-4H,5-7H2,(H,14,21). The highest BCUT2D eigenvalue weighted by Crippen LogP contribution is 2.17. The second-order valence-corrected chi connectivity index (χ2v) is 5.34. The van der Waals surface area contributed by atoms with Gasteiger partial charge in [-0.05, 0) is 29.5 Å². The van der Waals surface area contributed by atoms with E-state index in [2.05, 4.69) is 36.7 Å². The summed E-state index contributed by atoms with van der Waals surface area (Å²) >= 11 is 3.36. The molecule has 1 aliphatic rings. The number of imide groups is 1. The van der Waals surface area contributed by atoms with Crippen LogP contribution in [-0.2, 0) is 11.3 Å². The molecular weight excluding hydrogens is 340 g/mol. The van der Waals surface area contributed by atoms with Crippen LogP contribution in [0.25, 0.3) is 11.4 Å². The highest BCUT2D eigenvalue weighted by atomic mass is 79.9. The Labute approximate surface area is 128 Å². The first-order chi connectivity index (χ1) is 10.1. The van der Waals surface area contributed by atoms with Gasteiger partial charge in [0.05, 0.1) is 19.6 Å². The number of aromatic nitrogens is 4. The predicted molar refractivity (Wildman–Crippen MR) is 76.1 cm³/mol. The second kappa shape index (κ2) is 5.60. The summed E-state index contributed by atoms with van der Waals surface area (Å²) < 4.78 is 0.970. The molecule has 21 heavy (non-hydrogen) atoms. The number of carbonyl (C=O) groups is 2. The van der Waals surface area contributed by atoms with Crippen molar-refractivity contribution >= 4 is 27.9 Å². The lowest BCUT2D eigenvalue weighted by molar-refractivity contribution is -0.125. The molecular formula is C12H11BrN6O2. The third-order valence-corrected chi connectivity index (χ3v) is 3.54. The van der Waals surface area contributed by atoms with Gasteiger partial charge in [-0.25, -0.2) is 4.79 Å². The lowest BCUT2D eigenvalue weighted by Gasteiger charge is -2.10. The van der Waals surface area contributed by atoms with Gasteiger partial charge >= 0.3 is 6.03 Å². The van der Waals surface area contributed by atoms with Crippen molar-refractivity contribution in [3.8, 4) is 11.4 Å². The molecule has 2 aromatic rings. The van der Waals surface area contributed by atoms with Gasteiger partial charge in [-0.15, -0.1) is 10.2 Å². The maximum atomic E-state index is 11.4.